The maximum Gasteiger partial charge on any atom is 0.267 e. The van der Waals surface area contributed by atoms with Crippen LogP contribution in [0.2, 0.25) is 0 Å². The van der Waals surface area contributed by atoms with Gasteiger partial charge in [-0.3, -0.25) is 4.79 Å². The van der Waals surface area contributed by atoms with Crippen LogP contribution in [0.15, 0.2) is 16.7 Å². The van der Waals surface area contributed by atoms with Crippen molar-refractivity contribution in [1.82, 2.24) is 10.3 Å². The number of aromatic nitrogens is 1. The van der Waals surface area contributed by atoms with Crippen molar-refractivity contribution in [3.05, 3.63) is 22.4 Å². The van der Waals surface area contributed by atoms with Gasteiger partial charge in [0.05, 0.1) is 0 Å². The van der Waals surface area contributed by atoms with Crippen molar-refractivity contribution in [3.63, 3.8) is 0 Å². The van der Waals surface area contributed by atoms with Crippen LogP contribution >= 0.6 is 15.9 Å². The molecule has 1 aliphatic rings. The number of aromatic amines is 1. The summed E-state index contributed by atoms with van der Waals surface area (Å²) in [7, 11) is 0. The number of rotatable bonds is 2. The van der Waals surface area contributed by atoms with E-state index in [9.17, 15) is 4.79 Å². The van der Waals surface area contributed by atoms with Gasteiger partial charge in [-0.1, -0.05) is 32.1 Å². The van der Waals surface area contributed by atoms with Crippen LogP contribution in [-0.4, -0.2) is 16.9 Å². The van der Waals surface area contributed by atoms with Crippen molar-refractivity contribution >= 4 is 21.8 Å². The first-order chi connectivity index (χ1) is 8.25. The molecule has 0 unspecified atom stereocenters. The molecule has 2 rings (SSSR count). The summed E-state index contributed by atoms with van der Waals surface area (Å²) in [6.45, 7) is 0. The van der Waals surface area contributed by atoms with Gasteiger partial charge in [0.25, 0.3) is 5.91 Å². The maximum absolute atomic E-state index is 12.0. The lowest BCUT2D eigenvalue weighted by atomic mass is 9.96. The van der Waals surface area contributed by atoms with E-state index in [1.807, 2.05) is 6.07 Å². The lowest BCUT2D eigenvalue weighted by Crippen LogP contribution is -2.35. The fourth-order valence-corrected chi connectivity index (χ4v) is 2.71. The molecule has 1 fully saturated rings. The third-order valence-electron chi connectivity index (χ3n) is 3.33. The quantitative estimate of drug-likeness (QED) is 0.860. The summed E-state index contributed by atoms with van der Waals surface area (Å²) in [5, 5.41) is 3.13. The molecule has 0 atom stereocenters. The molecule has 1 amide bonds. The van der Waals surface area contributed by atoms with Crippen molar-refractivity contribution < 1.29 is 4.79 Å². The van der Waals surface area contributed by atoms with Crippen LogP contribution in [0.4, 0.5) is 0 Å². The van der Waals surface area contributed by atoms with Crippen LogP contribution in [0.1, 0.15) is 55.4 Å². The Morgan fingerprint density at radius 1 is 1.24 bits per heavy atom. The molecule has 1 aliphatic carbocycles. The highest BCUT2D eigenvalue weighted by Gasteiger charge is 2.15. The van der Waals surface area contributed by atoms with Crippen LogP contribution in [0, 0.1) is 0 Å². The van der Waals surface area contributed by atoms with E-state index in [0.29, 0.717) is 11.7 Å². The van der Waals surface area contributed by atoms with Gasteiger partial charge in [-0.2, -0.15) is 0 Å². The van der Waals surface area contributed by atoms with Gasteiger partial charge in [-0.05, 0) is 34.8 Å². The van der Waals surface area contributed by atoms with E-state index in [0.717, 1.165) is 17.3 Å². The Hall–Kier alpha value is -0.770. The first-order valence-corrected chi connectivity index (χ1v) is 7.20. The number of amides is 1. The van der Waals surface area contributed by atoms with Crippen LogP contribution in [0.3, 0.4) is 0 Å². The van der Waals surface area contributed by atoms with Crippen LogP contribution in [0.5, 0.6) is 0 Å². The average molecular weight is 299 g/mol. The van der Waals surface area contributed by atoms with E-state index in [2.05, 4.69) is 26.2 Å². The maximum atomic E-state index is 12.0. The van der Waals surface area contributed by atoms with E-state index >= 15 is 0 Å². The molecule has 17 heavy (non-hydrogen) atoms. The molecule has 2 N–H and O–H groups in total. The molecular formula is C13H19BrN2O. The molecule has 1 heterocycles. The largest absolute Gasteiger partial charge is 0.356 e. The van der Waals surface area contributed by atoms with Gasteiger partial charge >= 0.3 is 0 Å². The molecule has 3 nitrogen and oxygen atoms in total. The monoisotopic (exact) mass is 298 g/mol. The lowest BCUT2D eigenvalue weighted by molar-refractivity contribution is 0.0926. The molecule has 0 aliphatic heterocycles. The van der Waals surface area contributed by atoms with Gasteiger partial charge in [-0.15, -0.1) is 0 Å². The number of nitrogens with one attached hydrogen (secondary N) is 2. The minimum Gasteiger partial charge on any atom is -0.356 e. The van der Waals surface area contributed by atoms with E-state index in [4.69, 9.17) is 0 Å². The third-order valence-corrected chi connectivity index (χ3v) is 3.79. The second-order valence-corrected chi connectivity index (χ2v) is 5.66. The molecule has 0 spiro atoms. The fourth-order valence-electron chi connectivity index (χ4n) is 2.36. The highest BCUT2D eigenvalue weighted by Crippen LogP contribution is 2.18. The first kappa shape index (κ1) is 12.7. The van der Waals surface area contributed by atoms with Crippen LogP contribution in [0.25, 0.3) is 0 Å². The van der Waals surface area contributed by atoms with Gasteiger partial charge in [0.15, 0.2) is 0 Å². The average Bonchev–Trinajstić information content (AvgIpc) is 2.68. The molecular weight excluding hydrogens is 280 g/mol. The minimum atomic E-state index is 0.0151. The summed E-state index contributed by atoms with van der Waals surface area (Å²) < 4.78 is 0.917. The SMILES string of the molecule is O=C(NC1CCCCCCC1)c1cc(Br)c[nH]1. The topological polar surface area (TPSA) is 44.9 Å². The van der Waals surface area contributed by atoms with Gasteiger partial charge in [-0.25, -0.2) is 0 Å². The molecule has 1 aromatic rings. The summed E-state index contributed by atoms with van der Waals surface area (Å²) in [5.74, 6) is 0.0151. The van der Waals surface area contributed by atoms with Gasteiger partial charge in [0, 0.05) is 16.7 Å². The Kier molecular flexibility index (Phi) is 4.66. The number of carbonyl (C=O) groups is 1. The van der Waals surface area contributed by atoms with Gasteiger partial charge < -0.3 is 10.3 Å². The summed E-state index contributed by atoms with van der Waals surface area (Å²) in [6.07, 6.45) is 10.5. The third kappa shape index (κ3) is 3.87. The zero-order valence-corrected chi connectivity index (χ0v) is 11.6. The van der Waals surface area contributed by atoms with Crippen molar-refractivity contribution in [3.8, 4) is 0 Å². The minimum absolute atomic E-state index is 0.0151. The van der Waals surface area contributed by atoms with E-state index in [1.54, 1.807) is 6.20 Å². The second-order valence-electron chi connectivity index (χ2n) is 4.75. The smallest absolute Gasteiger partial charge is 0.267 e. The Morgan fingerprint density at radius 2 is 1.88 bits per heavy atom. The van der Waals surface area contributed by atoms with Crippen molar-refractivity contribution in [2.45, 2.75) is 51.0 Å². The highest BCUT2D eigenvalue weighted by molar-refractivity contribution is 9.10. The predicted octanol–water partition coefficient (Wildman–Crippen LogP) is 3.62. The molecule has 0 bridgehead atoms. The number of hydrogen-bond acceptors (Lipinski definition) is 1. The number of H-pyrrole nitrogens is 1. The zero-order valence-electron chi connectivity index (χ0n) is 9.97. The number of carbonyl (C=O) groups excluding carboxylic acids is 1. The lowest BCUT2D eigenvalue weighted by Gasteiger charge is -2.20. The van der Waals surface area contributed by atoms with E-state index < -0.39 is 0 Å². The summed E-state index contributed by atoms with van der Waals surface area (Å²) in [4.78, 5) is 14.9. The Bertz CT molecular complexity index is 367. The molecule has 1 aromatic heterocycles. The van der Waals surface area contributed by atoms with E-state index in [1.165, 1.54) is 32.1 Å². The first-order valence-electron chi connectivity index (χ1n) is 6.40. The van der Waals surface area contributed by atoms with Crippen molar-refractivity contribution in [1.29, 1.82) is 0 Å². The van der Waals surface area contributed by atoms with E-state index in [-0.39, 0.29) is 5.91 Å². The molecule has 94 valence electrons. The standard InChI is InChI=1S/C13H19BrN2O/c14-10-8-12(15-9-10)13(17)16-11-6-4-2-1-3-5-7-11/h8-9,11,15H,1-7H2,(H,16,17). The van der Waals surface area contributed by atoms with Crippen LogP contribution < -0.4 is 5.32 Å². The molecule has 0 aromatic carbocycles. The summed E-state index contributed by atoms with van der Waals surface area (Å²) >= 11 is 3.34. The van der Waals surface area contributed by atoms with Crippen LogP contribution in [-0.2, 0) is 0 Å². The second kappa shape index (κ2) is 6.24. The number of halogens is 1. The molecule has 0 radical (unpaired) electrons. The predicted molar refractivity (Wildman–Crippen MR) is 72.1 cm³/mol. The number of hydrogen-bond donors (Lipinski definition) is 2. The molecule has 1 saturated carbocycles. The molecule has 0 saturated heterocycles. The Labute approximate surface area is 110 Å². The van der Waals surface area contributed by atoms with Crippen molar-refractivity contribution in [2.75, 3.05) is 0 Å². The highest BCUT2D eigenvalue weighted by atomic mass is 79.9. The van der Waals surface area contributed by atoms with Crippen molar-refractivity contribution in [2.24, 2.45) is 0 Å². The molecule has 4 heteroatoms. The zero-order chi connectivity index (χ0) is 12.1. The fraction of sp³-hybridized carbons (Fsp3) is 0.615. The Balaban J connectivity index is 1.88. The summed E-state index contributed by atoms with van der Waals surface area (Å²) in [6, 6.07) is 2.17. The van der Waals surface area contributed by atoms with Gasteiger partial charge in [0.2, 0.25) is 0 Å². The normalized spacial score (nSPS) is 18.4. The van der Waals surface area contributed by atoms with Gasteiger partial charge in [0.1, 0.15) is 5.69 Å². The summed E-state index contributed by atoms with van der Waals surface area (Å²) in [5.41, 5.74) is 0.638. The Morgan fingerprint density at radius 3 is 2.47 bits per heavy atom.